The Balaban J connectivity index is 1.30. The van der Waals surface area contributed by atoms with Gasteiger partial charge in [0.1, 0.15) is 24.0 Å². The van der Waals surface area contributed by atoms with Gasteiger partial charge >= 0.3 is 0 Å². The van der Waals surface area contributed by atoms with E-state index in [0.29, 0.717) is 55.7 Å². The van der Waals surface area contributed by atoms with Crippen LogP contribution in [-0.2, 0) is 16.2 Å². The first-order chi connectivity index (χ1) is 23.0. The molecule has 48 heavy (non-hydrogen) atoms. The molecular formula is C36H40BrN5O5Si. The molecule has 0 bridgehead atoms. The minimum Gasteiger partial charge on any atom is -0.457 e. The van der Waals surface area contributed by atoms with E-state index in [1.54, 1.807) is 9.58 Å². The van der Waals surface area contributed by atoms with Crippen molar-refractivity contribution < 1.29 is 23.8 Å². The maximum Gasteiger partial charge on any atom is 0.254 e. The van der Waals surface area contributed by atoms with Crippen molar-refractivity contribution in [1.82, 2.24) is 19.2 Å². The summed E-state index contributed by atoms with van der Waals surface area (Å²) < 4.78 is 21.9. The molecule has 0 unspecified atom stereocenters. The third kappa shape index (κ3) is 7.41. The van der Waals surface area contributed by atoms with E-state index in [0.717, 1.165) is 32.7 Å². The maximum absolute atomic E-state index is 14.2. The fourth-order valence-electron chi connectivity index (χ4n) is 5.67. The quantitative estimate of drug-likeness (QED) is 0.0863. The number of hydrogen-bond acceptors (Lipinski definition) is 7. The molecule has 5 aromatic rings. The molecule has 250 valence electrons. The van der Waals surface area contributed by atoms with E-state index in [9.17, 15) is 9.59 Å². The highest BCUT2D eigenvalue weighted by molar-refractivity contribution is 9.10. The van der Waals surface area contributed by atoms with Gasteiger partial charge in [-0.3, -0.25) is 9.59 Å². The van der Waals surface area contributed by atoms with Crippen molar-refractivity contribution in [2.24, 2.45) is 0 Å². The summed E-state index contributed by atoms with van der Waals surface area (Å²) in [6, 6.07) is 21.6. The van der Waals surface area contributed by atoms with Crippen molar-refractivity contribution in [2.45, 2.75) is 39.3 Å². The Hall–Kier alpha value is -4.23. The van der Waals surface area contributed by atoms with Gasteiger partial charge in [0.15, 0.2) is 0 Å². The second-order valence-corrected chi connectivity index (χ2v) is 19.7. The highest BCUT2D eigenvalue weighted by Gasteiger charge is 2.25. The lowest BCUT2D eigenvalue weighted by molar-refractivity contribution is 0.0303. The first kappa shape index (κ1) is 33.7. The van der Waals surface area contributed by atoms with Crippen LogP contribution in [-0.4, -0.2) is 71.9 Å². The van der Waals surface area contributed by atoms with Gasteiger partial charge in [-0.05, 0) is 79.2 Å². The normalized spacial score (nSPS) is 13.6. The summed E-state index contributed by atoms with van der Waals surface area (Å²) in [7, 11) is -1.31. The maximum atomic E-state index is 14.2. The monoisotopic (exact) mass is 729 g/mol. The standard InChI is InChI=1S/C36H40BrN5O5Si/c1-24-18-29(47-28-7-5-6-27(37)21-28)9-11-31(24)42-35(38)30(22-39-42)34(43)33-20-26-19-25(36(44)40-12-14-45-15-13-40)8-10-32(26)41(33)23-46-16-17-48(2,3)4/h5-11,18-22H,12-17,23,38H2,1-4H3. The summed E-state index contributed by atoms with van der Waals surface area (Å²) in [6.07, 6.45) is 1.50. The van der Waals surface area contributed by atoms with Crippen molar-refractivity contribution in [3.8, 4) is 17.2 Å². The minimum atomic E-state index is -1.31. The first-order valence-electron chi connectivity index (χ1n) is 16.0. The van der Waals surface area contributed by atoms with Crippen LogP contribution < -0.4 is 10.5 Å². The predicted molar refractivity (Wildman–Crippen MR) is 193 cm³/mol. The number of anilines is 1. The molecule has 10 nitrogen and oxygen atoms in total. The number of ketones is 1. The van der Waals surface area contributed by atoms with Gasteiger partial charge in [-0.1, -0.05) is 41.6 Å². The second-order valence-electron chi connectivity index (χ2n) is 13.2. The van der Waals surface area contributed by atoms with Crippen molar-refractivity contribution in [2.75, 3.05) is 38.6 Å². The third-order valence-electron chi connectivity index (χ3n) is 8.38. The van der Waals surface area contributed by atoms with Gasteiger partial charge in [0, 0.05) is 43.2 Å². The number of nitrogens with zero attached hydrogens (tertiary/aromatic N) is 4. The van der Waals surface area contributed by atoms with Gasteiger partial charge in [0.05, 0.1) is 41.9 Å². The van der Waals surface area contributed by atoms with Crippen LogP contribution in [0.25, 0.3) is 16.6 Å². The van der Waals surface area contributed by atoms with Crippen LogP contribution in [0.2, 0.25) is 25.7 Å². The zero-order valence-corrected chi connectivity index (χ0v) is 30.2. The molecular weight excluding hydrogens is 690 g/mol. The number of halogens is 1. The van der Waals surface area contributed by atoms with Crippen LogP contribution in [0, 0.1) is 6.92 Å². The lowest BCUT2D eigenvalue weighted by Gasteiger charge is -2.26. The zero-order valence-electron chi connectivity index (χ0n) is 27.7. The number of nitrogen functional groups attached to an aromatic ring is 1. The molecule has 1 aliphatic heterocycles. The number of rotatable bonds is 11. The Bertz CT molecular complexity index is 1980. The zero-order chi connectivity index (χ0) is 34.0. The van der Waals surface area contributed by atoms with E-state index < -0.39 is 8.07 Å². The molecule has 0 radical (unpaired) electrons. The summed E-state index contributed by atoms with van der Waals surface area (Å²) in [6.45, 7) is 11.8. The second kappa shape index (κ2) is 14.1. The van der Waals surface area contributed by atoms with Crippen molar-refractivity contribution in [1.29, 1.82) is 0 Å². The molecule has 0 aliphatic carbocycles. The molecule has 1 amide bonds. The molecule has 1 saturated heterocycles. The topological polar surface area (TPSA) is 114 Å². The Morgan fingerprint density at radius 3 is 2.50 bits per heavy atom. The van der Waals surface area contributed by atoms with Crippen LogP contribution >= 0.6 is 15.9 Å². The molecule has 0 saturated carbocycles. The highest BCUT2D eigenvalue weighted by Crippen LogP contribution is 2.30. The fraction of sp³-hybridized carbons (Fsp3) is 0.306. The molecule has 1 aliphatic rings. The minimum absolute atomic E-state index is 0.0545. The first-order valence-corrected chi connectivity index (χ1v) is 20.5. The summed E-state index contributed by atoms with van der Waals surface area (Å²) in [4.78, 5) is 29.3. The van der Waals surface area contributed by atoms with Crippen molar-refractivity contribution >= 4 is 52.4 Å². The largest absolute Gasteiger partial charge is 0.457 e. The van der Waals surface area contributed by atoms with E-state index in [1.165, 1.54) is 6.20 Å². The van der Waals surface area contributed by atoms with Gasteiger partial charge in [-0.25, -0.2) is 4.68 Å². The van der Waals surface area contributed by atoms with Crippen molar-refractivity contribution in [3.63, 3.8) is 0 Å². The number of morpholine rings is 1. The molecule has 2 N–H and O–H groups in total. The number of aryl methyl sites for hydroxylation is 1. The Kier molecular flexibility index (Phi) is 9.88. The lowest BCUT2D eigenvalue weighted by atomic mass is 10.1. The molecule has 2 aromatic heterocycles. The van der Waals surface area contributed by atoms with E-state index in [-0.39, 0.29) is 29.8 Å². The summed E-state index contributed by atoms with van der Waals surface area (Å²) >= 11 is 3.47. The Labute approximate surface area is 289 Å². The molecule has 3 heterocycles. The van der Waals surface area contributed by atoms with Gasteiger partial charge in [-0.2, -0.15) is 5.10 Å². The van der Waals surface area contributed by atoms with Crippen LogP contribution in [0.3, 0.4) is 0 Å². The van der Waals surface area contributed by atoms with E-state index in [2.05, 4.69) is 40.7 Å². The van der Waals surface area contributed by atoms with E-state index >= 15 is 0 Å². The average molecular weight is 731 g/mol. The highest BCUT2D eigenvalue weighted by atomic mass is 79.9. The molecule has 6 rings (SSSR count). The number of fused-ring (bicyclic) bond motifs is 1. The molecule has 1 fully saturated rings. The van der Waals surface area contributed by atoms with Crippen LogP contribution in [0.4, 0.5) is 5.82 Å². The van der Waals surface area contributed by atoms with Crippen LogP contribution in [0.5, 0.6) is 11.5 Å². The number of carbonyl (C=O) groups excluding carboxylic acids is 2. The van der Waals surface area contributed by atoms with Crippen molar-refractivity contribution in [3.05, 3.63) is 99.8 Å². The SMILES string of the molecule is Cc1cc(Oc2cccc(Br)c2)ccc1-n1ncc(C(=O)c2cc3cc(C(=O)N4CCOCC4)ccc3n2COCC[Si](C)(C)C)c1N. The van der Waals surface area contributed by atoms with Gasteiger partial charge in [0.2, 0.25) is 5.78 Å². The molecule has 3 aromatic carbocycles. The van der Waals surface area contributed by atoms with Gasteiger partial charge in [0.25, 0.3) is 5.91 Å². The van der Waals surface area contributed by atoms with Gasteiger partial charge < -0.3 is 29.4 Å². The predicted octanol–water partition coefficient (Wildman–Crippen LogP) is 7.29. The number of amides is 1. The smallest absolute Gasteiger partial charge is 0.254 e. The molecule has 0 atom stereocenters. The van der Waals surface area contributed by atoms with E-state index in [1.807, 2.05) is 78.2 Å². The average Bonchev–Trinajstić information content (AvgIpc) is 3.62. The number of ether oxygens (including phenoxy) is 3. The number of aromatic nitrogens is 3. The fourth-order valence-corrected chi connectivity index (χ4v) is 6.81. The van der Waals surface area contributed by atoms with Crippen LogP contribution in [0.1, 0.15) is 32.0 Å². The number of nitrogens with two attached hydrogens (primary N) is 1. The number of carbonyl (C=O) groups is 2. The molecule has 12 heteroatoms. The lowest BCUT2D eigenvalue weighted by Crippen LogP contribution is -2.40. The Morgan fingerprint density at radius 2 is 1.77 bits per heavy atom. The van der Waals surface area contributed by atoms with E-state index in [4.69, 9.17) is 19.9 Å². The summed E-state index contributed by atoms with van der Waals surface area (Å²) in [5, 5.41) is 5.29. The summed E-state index contributed by atoms with van der Waals surface area (Å²) in [5.74, 6) is 1.27. The number of benzene rings is 3. The summed E-state index contributed by atoms with van der Waals surface area (Å²) in [5.41, 5.74) is 10.3. The van der Waals surface area contributed by atoms with Crippen LogP contribution in [0.15, 0.2) is 77.4 Å². The van der Waals surface area contributed by atoms with Gasteiger partial charge in [-0.15, -0.1) is 0 Å². The third-order valence-corrected chi connectivity index (χ3v) is 10.6. The number of hydrogen-bond donors (Lipinski definition) is 1. The Morgan fingerprint density at radius 1 is 1.00 bits per heavy atom. The molecule has 0 spiro atoms.